The number of hydrogen-bond donors (Lipinski definition) is 1. The van der Waals surface area contributed by atoms with Gasteiger partial charge in [0, 0.05) is 22.5 Å². The van der Waals surface area contributed by atoms with E-state index in [9.17, 15) is 4.39 Å². The molecule has 0 bridgehead atoms. The van der Waals surface area contributed by atoms with Crippen LogP contribution in [0.5, 0.6) is 0 Å². The van der Waals surface area contributed by atoms with E-state index in [4.69, 9.17) is 11.6 Å². The van der Waals surface area contributed by atoms with Crippen LogP contribution in [0.15, 0.2) is 18.2 Å². The van der Waals surface area contributed by atoms with E-state index >= 15 is 0 Å². The Morgan fingerprint density at radius 3 is 2.65 bits per heavy atom. The Bertz CT molecular complexity index is 313. The Kier molecular flexibility index (Phi) is 7.82. The highest BCUT2D eigenvalue weighted by molar-refractivity contribution is 9.09. The van der Waals surface area contributed by atoms with Gasteiger partial charge in [-0.3, -0.25) is 0 Å². The van der Waals surface area contributed by atoms with Crippen molar-refractivity contribution in [3.05, 3.63) is 34.6 Å². The molecule has 0 spiro atoms. The van der Waals surface area contributed by atoms with Gasteiger partial charge in [0.25, 0.3) is 0 Å². The average Bonchev–Trinajstić information content (AvgIpc) is 2.31. The van der Waals surface area contributed by atoms with E-state index in [1.807, 2.05) is 0 Å². The van der Waals surface area contributed by atoms with Crippen LogP contribution < -0.4 is 5.32 Å². The van der Waals surface area contributed by atoms with Gasteiger partial charge in [0.2, 0.25) is 0 Å². The van der Waals surface area contributed by atoms with Gasteiger partial charge in [-0.25, -0.2) is 4.39 Å². The van der Waals surface area contributed by atoms with Gasteiger partial charge in [-0.05, 0) is 31.5 Å². The number of hydrogen-bond acceptors (Lipinski definition) is 1. The van der Waals surface area contributed by atoms with Crippen molar-refractivity contribution >= 4 is 27.5 Å². The lowest BCUT2D eigenvalue weighted by Gasteiger charge is -2.07. The predicted octanol–water partition coefficient (Wildman–Crippen LogP) is 4.52. The fraction of sp³-hybridized carbons (Fsp3) is 0.538. The molecule has 0 saturated heterocycles. The molecule has 1 N–H and O–H groups in total. The molecule has 0 heterocycles. The van der Waals surface area contributed by atoms with Gasteiger partial charge < -0.3 is 5.32 Å². The van der Waals surface area contributed by atoms with Crippen LogP contribution in [0.4, 0.5) is 4.39 Å². The lowest BCUT2D eigenvalue weighted by molar-refractivity contribution is 0.568. The summed E-state index contributed by atoms with van der Waals surface area (Å²) in [7, 11) is 0. The van der Waals surface area contributed by atoms with Crippen molar-refractivity contribution in [1.29, 1.82) is 0 Å². The second kappa shape index (κ2) is 8.90. The molecule has 0 aromatic heterocycles. The van der Waals surface area contributed by atoms with Gasteiger partial charge in [0.1, 0.15) is 5.82 Å². The van der Waals surface area contributed by atoms with Crippen molar-refractivity contribution in [3.63, 3.8) is 0 Å². The van der Waals surface area contributed by atoms with Crippen LogP contribution in [-0.4, -0.2) is 11.9 Å². The smallest absolute Gasteiger partial charge is 0.129 e. The summed E-state index contributed by atoms with van der Waals surface area (Å²) in [6, 6.07) is 4.79. The molecule has 1 nitrogen and oxygen atoms in total. The van der Waals surface area contributed by atoms with E-state index in [1.165, 1.54) is 25.3 Å². The van der Waals surface area contributed by atoms with E-state index in [0.717, 1.165) is 18.3 Å². The standard InChI is InChI=1S/C13H18BrClFN/c14-8-3-1-2-4-9-17-10-11-12(15)6-5-7-13(11)16/h5-7,17H,1-4,8-10H2. The first-order chi connectivity index (χ1) is 8.25. The molecule has 0 radical (unpaired) electrons. The molecule has 1 rings (SSSR count). The molecule has 0 aliphatic rings. The number of halogens is 3. The fourth-order valence-electron chi connectivity index (χ4n) is 1.61. The molecule has 0 fully saturated rings. The molecule has 1 aromatic carbocycles. The molecule has 0 atom stereocenters. The Morgan fingerprint density at radius 2 is 1.94 bits per heavy atom. The summed E-state index contributed by atoms with van der Waals surface area (Å²) in [5.41, 5.74) is 0.564. The first-order valence-corrected chi connectivity index (χ1v) is 7.45. The van der Waals surface area contributed by atoms with Crippen molar-refractivity contribution < 1.29 is 4.39 Å². The molecule has 0 amide bonds. The van der Waals surface area contributed by atoms with Gasteiger partial charge >= 0.3 is 0 Å². The fourth-order valence-corrected chi connectivity index (χ4v) is 2.24. The largest absolute Gasteiger partial charge is 0.313 e. The molecule has 0 unspecified atom stereocenters. The van der Waals surface area contributed by atoms with Crippen LogP contribution in [0.3, 0.4) is 0 Å². The van der Waals surface area contributed by atoms with Crippen molar-refractivity contribution in [1.82, 2.24) is 5.32 Å². The summed E-state index contributed by atoms with van der Waals surface area (Å²) < 4.78 is 13.4. The molecule has 0 aliphatic carbocycles. The van der Waals surface area contributed by atoms with Gasteiger partial charge in [-0.1, -0.05) is 46.4 Å². The molecular formula is C13H18BrClFN. The van der Waals surface area contributed by atoms with Gasteiger partial charge in [0.15, 0.2) is 0 Å². The monoisotopic (exact) mass is 321 g/mol. The van der Waals surface area contributed by atoms with Crippen molar-refractivity contribution in [2.24, 2.45) is 0 Å². The normalized spacial score (nSPS) is 10.8. The second-order valence-corrected chi connectivity index (χ2v) is 5.18. The van der Waals surface area contributed by atoms with E-state index in [-0.39, 0.29) is 5.82 Å². The zero-order chi connectivity index (χ0) is 12.5. The molecule has 17 heavy (non-hydrogen) atoms. The average molecular weight is 323 g/mol. The third-order valence-electron chi connectivity index (χ3n) is 2.60. The van der Waals surface area contributed by atoms with Gasteiger partial charge in [-0.2, -0.15) is 0 Å². The summed E-state index contributed by atoms with van der Waals surface area (Å²) in [6.45, 7) is 1.41. The van der Waals surface area contributed by atoms with Crippen LogP contribution in [0.1, 0.15) is 31.2 Å². The van der Waals surface area contributed by atoms with Crippen LogP contribution >= 0.6 is 27.5 Å². The Balaban J connectivity index is 2.18. The third kappa shape index (κ3) is 5.84. The maximum absolute atomic E-state index is 13.4. The Morgan fingerprint density at radius 1 is 1.18 bits per heavy atom. The maximum atomic E-state index is 13.4. The predicted molar refractivity (Wildman–Crippen MR) is 75.4 cm³/mol. The Hall–Kier alpha value is -0.120. The highest BCUT2D eigenvalue weighted by Gasteiger charge is 2.05. The van der Waals surface area contributed by atoms with E-state index < -0.39 is 0 Å². The SMILES string of the molecule is Fc1cccc(Cl)c1CNCCCCCCBr. The minimum absolute atomic E-state index is 0.232. The highest BCUT2D eigenvalue weighted by atomic mass is 79.9. The van der Waals surface area contributed by atoms with Crippen LogP contribution in [-0.2, 0) is 6.54 Å². The number of nitrogens with one attached hydrogen (secondary N) is 1. The zero-order valence-corrected chi connectivity index (χ0v) is 12.2. The first-order valence-electron chi connectivity index (χ1n) is 5.95. The van der Waals surface area contributed by atoms with Gasteiger partial charge in [-0.15, -0.1) is 0 Å². The molecule has 0 aliphatic heterocycles. The lowest BCUT2D eigenvalue weighted by atomic mass is 10.2. The van der Waals surface area contributed by atoms with Crippen molar-refractivity contribution in [3.8, 4) is 0 Å². The summed E-state index contributed by atoms with van der Waals surface area (Å²) >= 11 is 9.33. The van der Waals surface area contributed by atoms with Crippen LogP contribution in [0.2, 0.25) is 5.02 Å². The molecule has 96 valence electrons. The summed E-state index contributed by atoms with van der Waals surface area (Å²) in [4.78, 5) is 0. The van der Waals surface area contributed by atoms with E-state index in [2.05, 4.69) is 21.2 Å². The summed E-state index contributed by atoms with van der Waals surface area (Å²) in [5, 5.41) is 4.80. The topological polar surface area (TPSA) is 12.0 Å². The van der Waals surface area contributed by atoms with E-state index in [1.54, 1.807) is 12.1 Å². The summed E-state index contributed by atoms with van der Waals surface area (Å²) in [6.07, 6.45) is 4.80. The molecule has 0 saturated carbocycles. The van der Waals surface area contributed by atoms with E-state index in [0.29, 0.717) is 17.1 Å². The lowest BCUT2D eigenvalue weighted by Crippen LogP contribution is -2.16. The van der Waals surface area contributed by atoms with Crippen LogP contribution in [0, 0.1) is 5.82 Å². The number of unbranched alkanes of at least 4 members (excludes halogenated alkanes) is 3. The van der Waals surface area contributed by atoms with Gasteiger partial charge in [0.05, 0.1) is 0 Å². The molecule has 4 heteroatoms. The van der Waals surface area contributed by atoms with Crippen LogP contribution in [0.25, 0.3) is 0 Å². The highest BCUT2D eigenvalue weighted by Crippen LogP contribution is 2.18. The number of rotatable bonds is 8. The first kappa shape index (κ1) is 14.9. The minimum atomic E-state index is -0.232. The minimum Gasteiger partial charge on any atom is -0.313 e. The van der Waals surface area contributed by atoms with Crippen molar-refractivity contribution in [2.45, 2.75) is 32.2 Å². The quantitative estimate of drug-likeness (QED) is 0.548. The zero-order valence-electron chi connectivity index (χ0n) is 9.82. The number of alkyl halides is 1. The maximum Gasteiger partial charge on any atom is 0.129 e. The third-order valence-corrected chi connectivity index (χ3v) is 3.52. The number of benzene rings is 1. The van der Waals surface area contributed by atoms with Crippen molar-refractivity contribution in [2.75, 3.05) is 11.9 Å². The molecule has 1 aromatic rings. The molecular weight excluding hydrogens is 305 g/mol. The Labute approximate surface area is 116 Å². The second-order valence-electron chi connectivity index (χ2n) is 3.98. The summed E-state index contributed by atoms with van der Waals surface area (Å²) in [5.74, 6) is -0.232.